The molecule has 196 valence electrons. The van der Waals surface area contributed by atoms with Crippen LogP contribution in [0.1, 0.15) is 78.6 Å². The summed E-state index contributed by atoms with van der Waals surface area (Å²) in [7, 11) is 0.474. The molecule has 2 fully saturated rings. The Hall–Kier alpha value is -1.02. The molecule has 0 aromatic heterocycles. The average molecular weight is 497 g/mol. The number of ether oxygens (including phenoxy) is 2. The fraction of sp³-hybridized carbons (Fsp3) is 0.852. The molecular weight excluding hydrogens is 448 g/mol. The Labute approximate surface area is 208 Å². The van der Waals surface area contributed by atoms with Crippen molar-refractivity contribution in [2.24, 2.45) is 23.2 Å². The number of epoxide rings is 1. The summed E-state index contributed by atoms with van der Waals surface area (Å²) in [5, 5.41) is 10.9. The molecule has 1 saturated carbocycles. The van der Waals surface area contributed by atoms with Crippen LogP contribution in [0.15, 0.2) is 12.2 Å². The van der Waals surface area contributed by atoms with Crippen LogP contribution >= 0.6 is 0 Å². The topological polar surface area (TPSA) is 85.4 Å². The molecule has 6 atom stereocenters. The lowest BCUT2D eigenvalue weighted by molar-refractivity contribution is -0.140. The largest absolute Gasteiger partial charge is 0.469 e. The van der Waals surface area contributed by atoms with Gasteiger partial charge in [0.1, 0.15) is 6.10 Å². The summed E-state index contributed by atoms with van der Waals surface area (Å²) >= 11 is 0. The Morgan fingerprint density at radius 3 is 2.44 bits per heavy atom. The van der Waals surface area contributed by atoms with Crippen molar-refractivity contribution in [2.75, 3.05) is 13.7 Å². The van der Waals surface area contributed by atoms with Gasteiger partial charge in [-0.2, -0.15) is 0 Å². The number of aliphatic hydroxyl groups excluding tert-OH is 1. The maximum atomic E-state index is 12.8. The molecule has 1 aliphatic carbocycles. The van der Waals surface area contributed by atoms with E-state index in [9.17, 15) is 14.7 Å². The summed E-state index contributed by atoms with van der Waals surface area (Å²) in [5.74, 6) is -0.150. The highest BCUT2D eigenvalue weighted by atomic mass is 28.3. The number of Topliss-reactive ketones (excluding diaryl/α,β-unsaturated/α-hetero) is 1. The van der Waals surface area contributed by atoms with Gasteiger partial charge in [0.05, 0.1) is 25.2 Å². The minimum atomic E-state index is -0.922. The van der Waals surface area contributed by atoms with E-state index in [1.807, 2.05) is 0 Å². The van der Waals surface area contributed by atoms with E-state index in [4.69, 9.17) is 9.16 Å². The number of unbranched alkanes of at least 4 members (excludes halogenated alkanes) is 4. The first-order valence-electron chi connectivity index (χ1n) is 13.3. The number of hydrogen-bond donors (Lipinski definition) is 1. The number of aliphatic hydroxyl groups is 1. The number of hydrogen-bond acceptors (Lipinski definition) is 6. The van der Waals surface area contributed by atoms with Crippen LogP contribution in [0.4, 0.5) is 0 Å². The van der Waals surface area contributed by atoms with Crippen molar-refractivity contribution in [3.05, 3.63) is 12.2 Å². The molecule has 2 aliphatic rings. The molecule has 1 saturated heterocycles. The van der Waals surface area contributed by atoms with Crippen LogP contribution < -0.4 is 0 Å². The number of allylic oxidation sites excluding steroid dienone is 1. The summed E-state index contributed by atoms with van der Waals surface area (Å²) in [6, 6.07) is 0. The van der Waals surface area contributed by atoms with Gasteiger partial charge in [-0.05, 0) is 50.1 Å². The monoisotopic (exact) mass is 496 g/mol. The highest BCUT2D eigenvalue weighted by molar-refractivity contribution is 6.48. The lowest BCUT2D eigenvalue weighted by Gasteiger charge is -2.29. The second kappa shape index (κ2) is 13.9. The van der Waals surface area contributed by atoms with Gasteiger partial charge in [-0.1, -0.05) is 58.6 Å². The molecule has 1 aliphatic heterocycles. The van der Waals surface area contributed by atoms with E-state index >= 15 is 0 Å². The van der Waals surface area contributed by atoms with Crippen LogP contribution in [0.2, 0.25) is 13.1 Å². The zero-order valence-electron chi connectivity index (χ0n) is 22.3. The second-order valence-electron chi connectivity index (χ2n) is 11.4. The fourth-order valence-electron chi connectivity index (χ4n) is 5.03. The van der Waals surface area contributed by atoms with Crippen LogP contribution in [0.3, 0.4) is 0 Å². The van der Waals surface area contributed by atoms with Gasteiger partial charge in [0.25, 0.3) is 0 Å². The van der Waals surface area contributed by atoms with Crippen LogP contribution in [-0.4, -0.2) is 57.9 Å². The van der Waals surface area contributed by atoms with Crippen LogP contribution in [-0.2, 0) is 23.5 Å². The standard InChI is InChI=1S/C27H48O6Si/c1-27(2,3)19(13-9-8-12-18-32-34(5)6)16-17-20-23(24(30)26-25(20)33-26)21(28)14-10-7-11-15-22(29)31-4/h16-17,19-21,23,25-26,28,34H,7-15,18H2,1-6H3. The third-order valence-electron chi connectivity index (χ3n) is 7.24. The van der Waals surface area contributed by atoms with E-state index < -0.39 is 15.1 Å². The Bertz CT molecular complexity index is 671. The Balaban J connectivity index is 1.87. The number of rotatable bonds is 16. The number of methoxy groups -OCH3 is 1. The molecule has 6 nitrogen and oxygen atoms in total. The highest BCUT2D eigenvalue weighted by Gasteiger charge is 2.62. The molecule has 0 spiro atoms. The van der Waals surface area contributed by atoms with Crippen molar-refractivity contribution in [3.8, 4) is 0 Å². The number of esters is 1. The molecule has 0 bridgehead atoms. The smallest absolute Gasteiger partial charge is 0.305 e. The zero-order valence-corrected chi connectivity index (χ0v) is 23.4. The summed E-state index contributed by atoms with van der Waals surface area (Å²) in [4.78, 5) is 24.0. The summed E-state index contributed by atoms with van der Waals surface area (Å²) < 4.78 is 16.1. The molecular formula is C27H48O6Si. The van der Waals surface area contributed by atoms with Crippen molar-refractivity contribution < 1.29 is 28.6 Å². The molecule has 0 aromatic carbocycles. The van der Waals surface area contributed by atoms with Crippen molar-refractivity contribution in [2.45, 2.75) is 110 Å². The minimum absolute atomic E-state index is 0.0446. The Kier molecular flexibility index (Phi) is 11.9. The fourth-order valence-corrected chi connectivity index (χ4v) is 5.67. The predicted octanol–water partition coefficient (Wildman–Crippen LogP) is 4.83. The summed E-state index contributed by atoms with van der Waals surface area (Å²) in [6.45, 7) is 12.1. The van der Waals surface area contributed by atoms with Gasteiger partial charge in [-0.15, -0.1) is 0 Å². The number of fused-ring (bicyclic) bond motifs is 1. The molecule has 6 unspecified atom stereocenters. The summed E-state index contributed by atoms with van der Waals surface area (Å²) in [5.41, 5.74) is 0.137. The van der Waals surface area contributed by atoms with E-state index in [-0.39, 0.29) is 41.2 Å². The van der Waals surface area contributed by atoms with E-state index in [0.717, 1.165) is 38.7 Å². The van der Waals surface area contributed by atoms with Crippen LogP contribution in [0.5, 0.6) is 0 Å². The molecule has 0 radical (unpaired) electrons. The van der Waals surface area contributed by atoms with Crippen LogP contribution in [0, 0.1) is 23.2 Å². The maximum Gasteiger partial charge on any atom is 0.305 e. The van der Waals surface area contributed by atoms with Gasteiger partial charge >= 0.3 is 5.97 Å². The Morgan fingerprint density at radius 1 is 1.12 bits per heavy atom. The lowest BCUT2D eigenvalue weighted by Crippen LogP contribution is -2.33. The van der Waals surface area contributed by atoms with Gasteiger partial charge in [-0.25, -0.2) is 0 Å². The van der Waals surface area contributed by atoms with Crippen molar-refractivity contribution >= 4 is 20.8 Å². The highest BCUT2D eigenvalue weighted by Crippen LogP contribution is 2.47. The normalized spacial score (nSPS) is 26.2. The molecule has 1 heterocycles. The average Bonchev–Trinajstić information content (AvgIpc) is 3.50. The minimum Gasteiger partial charge on any atom is -0.469 e. The third-order valence-corrected chi connectivity index (χ3v) is 8.14. The molecule has 7 heteroatoms. The molecule has 2 rings (SSSR count). The predicted molar refractivity (Wildman–Crippen MR) is 137 cm³/mol. The molecule has 0 amide bonds. The SMILES string of the molecule is COC(=O)CCCCCC(O)C1C(=O)C2OC2C1C=CC(CCCCCO[SiH](C)C)C(C)(C)C. The number of carbonyl (C=O) groups is 2. The first kappa shape index (κ1) is 29.2. The first-order chi connectivity index (χ1) is 16.1. The molecule has 1 N–H and O–H groups in total. The summed E-state index contributed by atoms with van der Waals surface area (Å²) in [6.07, 6.45) is 11.3. The number of carbonyl (C=O) groups excluding carboxylic acids is 2. The lowest BCUT2D eigenvalue weighted by atomic mass is 9.76. The third kappa shape index (κ3) is 9.21. The Morgan fingerprint density at radius 2 is 1.79 bits per heavy atom. The van der Waals surface area contributed by atoms with Gasteiger partial charge in [-0.3, -0.25) is 9.59 Å². The second-order valence-corrected chi connectivity index (χ2v) is 13.8. The van der Waals surface area contributed by atoms with E-state index in [0.29, 0.717) is 18.8 Å². The zero-order chi connectivity index (χ0) is 25.3. The van der Waals surface area contributed by atoms with Crippen molar-refractivity contribution in [3.63, 3.8) is 0 Å². The van der Waals surface area contributed by atoms with E-state index in [1.54, 1.807) is 0 Å². The van der Waals surface area contributed by atoms with Crippen molar-refractivity contribution in [1.82, 2.24) is 0 Å². The van der Waals surface area contributed by atoms with Crippen LogP contribution in [0.25, 0.3) is 0 Å². The van der Waals surface area contributed by atoms with E-state index in [1.165, 1.54) is 20.0 Å². The van der Waals surface area contributed by atoms with Gasteiger partial charge in [0.15, 0.2) is 14.8 Å². The maximum absolute atomic E-state index is 12.8. The van der Waals surface area contributed by atoms with Gasteiger partial charge in [0, 0.05) is 18.9 Å². The van der Waals surface area contributed by atoms with Gasteiger partial charge < -0.3 is 19.0 Å². The molecule has 0 aromatic rings. The van der Waals surface area contributed by atoms with Gasteiger partial charge in [0.2, 0.25) is 0 Å². The van der Waals surface area contributed by atoms with E-state index in [2.05, 4.69) is 50.8 Å². The van der Waals surface area contributed by atoms with Crippen molar-refractivity contribution in [1.29, 1.82) is 0 Å². The quantitative estimate of drug-likeness (QED) is 0.108. The first-order valence-corrected chi connectivity index (χ1v) is 16.1. The molecule has 34 heavy (non-hydrogen) atoms. The number of ketones is 1.